The zero-order valence-corrected chi connectivity index (χ0v) is 10.4. The van der Waals surface area contributed by atoms with Crippen molar-refractivity contribution in [3.05, 3.63) is 18.2 Å². The standard InChI is InChI=1S/C11H18N4O3/c1-6(2)9(12)10(16)15-8(11(17)18)3-7-4-13-5-14-7/h4-6,8-9H,3,12H2,1-2H3,(H,13,14)(H,15,16)(H,17,18)/t8-,9+/m1/s1. The van der Waals surface area contributed by atoms with E-state index in [0.29, 0.717) is 5.69 Å². The maximum atomic E-state index is 11.7. The van der Waals surface area contributed by atoms with E-state index in [1.165, 1.54) is 12.5 Å². The Balaban J connectivity index is 2.64. The van der Waals surface area contributed by atoms with Gasteiger partial charge in [0.2, 0.25) is 5.91 Å². The van der Waals surface area contributed by atoms with Crippen molar-refractivity contribution in [2.75, 3.05) is 0 Å². The van der Waals surface area contributed by atoms with E-state index in [1.54, 1.807) is 13.8 Å². The fraction of sp³-hybridized carbons (Fsp3) is 0.545. The highest BCUT2D eigenvalue weighted by molar-refractivity contribution is 5.87. The Kier molecular flexibility index (Phi) is 4.85. The molecule has 18 heavy (non-hydrogen) atoms. The van der Waals surface area contributed by atoms with Crippen LogP contribution in [-0.2, 0) is 16.0 Å². The Morgan fingerprint density at radius 2 is 2.22 bits per heavy atom. The molecule has 0 aliphatic carbocycles. The largest absolute Gasteiger partial charge is 0.480 e. The topological polar surface area (TPSA) is 121 Å². The normalized spacial score (nSPS) is 14.2. The maximum Gasteiger partial charge on any atom is 0.326 e. The van der Waals surface area contributed by atoms with Crippen LogP contribution in [0.1, 0.15) is 19.5 Å². The molecule has 1 rings (SSSR count). The van der Waals surface area contributed by atoms with Crippen LogP contribution in [-0.4, -0.2) is 39.0 Å². The van der Waals surface area contributed by atoms with Crippen molar-refractivity contribution >= 4 is 11.9 Å². The van der Waals surface area contributed by atoms with E-state index in [9.17, 15) is 9.59 Å². The van der Waals surface area contributed by atoms with Gasteiger partial charge in [-0.05, 0) is 5.92 Å². The lowest BCUT2D eigenvalue weighted by Crippen LogP contribution is -2.51. The highest BCUT2D eigenvalue weighted by Gasteiger charge is 2.25. The summed E-state index contributed by atoms with van der Waals surface area (Å²) >= 11 is 0. The number of carboxylic acids is 1. The third kappa shape index (κ3) is 3.85. The van der Waals surface area contributed by atoms with E-state index in [2.05, 4.69) is 15.3 Å². The number of aliphatic carboxylic acids is 1. The molecule has 0 saturated carbocycles. The molecule has 2 atom stereocenters. The number of H-pyrrole nitrogens is 1. The predicted molar refractivity (Wildman–Crippen MR) is 64.7 cm³/mol. The van der Waals surface area contributed by atoms with Gasteiger partial charge in [-0.25, -0.2) is 9.78 Å². The molecule has 0 spiro atoms. The van der Waals surface area contributed by atoms with Crippen LogP contribution in [0, 0.1) is 5.92 Å². The summed E-state index contributed by atoms with van der Waals surface area (Å²) < 4.78 is 0. The molecule has 5 N–H and O–H groups in total. The fourth-order valence-corrected chi connectivity index (χ4v) is 1.39. The molecular weight excluding hydrogens is 236 g/mol. The van der Waals surface area contributed by atoms with Crippen molar-refractivity contribution in [2.24, 2.45) is 11.7 Å². The number of nitrogens with two attached hydrogens (primary N) is 1. The number of carbonyl (C=O) groups excluding carboxylic acids is 1. The van der Waals surface area contributed by atoms with Crippen LogP contribution in [0.3, 0.4) is 0 Å². The Hall–Kier alpha value is -1.89. The Morgan fingerprint density at radius 3 is 2.67 bits per heavy atom. The van der Waals surface area contributed by atoms with Gasteiger partial charge in [-0.3, -0.25) is 4.79 Å². The number of aromatic nitrogens is 2. The lowest BCUT2D eigenvalue weighted by molar-refractivity contribution is -0.142. The average molecular weight is 254 g/mol. The van der Waals surface area contributed by atoms with Crippen molar-refractivity contribution in [1.82, 2.24) is 15.3 Å². The summed E-state index contributed by atoms with van der Waals surface area (Å²) in [6.07, 6.45) is 3.12. The second-order valence-electron chi connectivity index (χ2n) is 4.45. The second kappa shape index (κ2) is 6.15. The molecule has 1 aromatic rings. The summed E-state index contributed by atoms with van der Waals surface area (Å²) in [4.78, 5) is 29.3. The van der Waals surface area contributed by atoms with Crippen molar-refractivity contribution < 1.29 is 14.7 Å². The van der Waals surface area contributed by atoms with E-state index >= 15 is 0 Å². The van der Waals surface area contributed by atoms with Gasteiger partial charge < -0.3 is 21.1 Å². The van der Waals surface area contributed by atoms with Gasteiger partial charge in [-0.15, -0.1) is 0 Å². The van der Waals surface area contributed by atoms with Gasteiger partial charge in [0.1, 0.15) is 6.04 Å². The number of amides is 1. The van der Waals surface area contributed by atoms with E-state index in [4.69, 9.17) is 10.8 Å². The van der Waals surface area contributed by atoms with Crippen molar-refractivity contribution in [3.8, 4) is 0 Å². The minimum atomic E-state index is -1.10. The number of nitrogens with one attached hydrogen (secondary N) is 2. The quantitative estimate of drug-likeness (QED) is 0.545. The molecule has 0 saturated heterocycles. The molecule has 100 valence electrons. The van der Waals surface area contributed by atoms with Crippen LogP contribution in [0.5, 0.6) is 0 Å². The van der Waals surface area contributed by atoms with Gasteiger partial charge in [0.15, 0.2) is 0 Å². The number of imidazole rings is 1. The first-order valence-corrected chi connectivity index (χ1v) is 5.67. The summed E-state index contributed by atoms with van der Waals surface area (Å²) in [7, 11) is 0. The SMILES string of the molecule is CC(C)[C@H](N)C(=O)N[C@H](Cc1cnc[nH]1)C(=O)O. The zero-order chi connectivity index (χ0) is 13.7. The van der Waals surface area contributed by atoms with Crippen LogP contribution in [0.15, 0.2) is 12.5 Å². The molecule has 1 amide bonds. The van der Waals surface area contributed by atoms with E-state index < -0.39 is 24.0 Å². The molecule has 7 nitrogen and oxygen atoms in total. The monoisotopic (exact) mass is 254 g/mol. The van der Waals surface area contributed by atoms with Gasteiger partial charge in [-0.2, -0.15) is 0 Å². The van der Waals surface area contributed by atoms with Crippen molar-refractivity contribution in [2.45, 2.75) is 32.4 Å². The molecule has 7 heteroatoms. The van der Waals surface area contributed by atoms with Crippen LogP contribution >= 0.6 is 0 Å². The highest BCUT2D eigenvalue weighted by atomic mass is 16.4. The van der Waals surface area contributed by atoms with E-state index in [1.807, 2.05) is 0 Å². The molecule has 1 aromatic heterocycles. The maximum absolute atomic E-state index is 11.7. The van der Waals surface area contributed by atoms with Gasteiger partial charge in [-0.1, -0.05) is 13.8 Å². The number of carboxylic acid groups (broad SMARTS) is 1. The third-order valence-electron chi connectivity index (χ3n) is 2.61. The second-order valence-corrected chi connectivity index (χ2v) is 4.45. The molecule has 0 aliphatic heterocycles. The smallest absolute Gasteiger partial charge is 0.326 e. The summed E-state index contributed by atoms with van der Waals surface area (Å²) in [5.74, 6) is -1.61. The summed E-state index contributed by atoms with van der Waals surface area (Å²) in [6.45, 7) is 3.60. The molecule has 0 unspecified atom stereocenters. The van der Waals surface area contributed by atoms with Gasteiger partial charge in [0, 0.05) is 18.3 Å². The first-order chi connectivity index (χ1) is 8.41. The van der Waals surface area contributed by atoms with Crippen LogP contribution in [0.25, 0.3) is 0 Å². The van der Waals surface area contributed by atoms with Gasteiger partial charge in [0.05, 0.1) is 12.4 Å². The number of rotatable bonds is 6. The first kappa shape index (κ1) is 14.2. The van der Waals surface area contributed by atoms with Crippen LogP contribution in [0.2, 0.25) is 0 Å². The molecular formula is C11H18N4O3. The number of hydrogen-bond acceptors (Lipinski definition) is 4. The Bertz CT molecular complexity index is 402. The highest BCUT2D eigenvalue weighted by Crippen LogP contribution is 2.02. The lowest BCUT2D eigenvalue weighted by atomic mass is 10.0. The van der Waals surface area contributed by atoms with Crippen LogP contribution < -0.4 is 11.1 Å². The van der Waals surface area contributed by atoms with E-state index in [0.717, 1.165) is 0 Å². The fourth-order valence-electron chi connectivity index (χ4n) is 1.39. The van der Waals surface area contributed by atoms with Crippen molar-refractivity contribution in [3.63, 3.8) is 0 Å². The predicted octanol–water partition coefficient (Wildman–Crippen LogP) is -0.495. The van der Waals surface area contributed by atoms with Crippen molar-refractivity contribution in [1.29, 1.82) is 0 Å². The number of hydrogen-bond donors (Lipinski definition) is 4. The molecule has 0 radical (unpaired) electrons. The molecule has 0 bridgehead atoms. The Morgan fingerprint density at radius 1 is 1.56 bits per heavy atom. The van der Waals surface area contributed by atoms with Crippen LogP contribution in [0.4, 0.5) is 0 Å². The number of aromatic amines is 1. The first-order valence-electron chi connectivity index (χ1n) is 5.67. The third-order valence-corrected chi connectivity index (χ3v) is 2.61. The van der Waals surface area contributed by atoms with Gasteiger partial charge in [0.25, 0.3) is 0 Å². The summed E-state index contributed by atoms with van der Waals surface area (Å²) in [5, 5.41) is 11.5. The lowest BCUT2D eigenvalue weighted by Gasteiger charge is -2.19. The molecule has 0 aliphatic rings. The minimum Gasteiger partial charge on any atom is -0.480 e. The number of nitrogens with zero attached hydrogens (tertiary/aromatic N) is 1. The molecule has 0 fully saturated rings. The number of carbonyl (C=O) groups is 2. The molecule has 0 aromatic carbocycles. The summed E-state index contributed by atoms with van der Waals surface area (Å²) in [6, 6.07) is -1.73. The average Bonchev–Trinajstić information content (AvgIpc) is 2.79. The van der Waals surface area contributed by atoms with E-state index in [-0.39, 0.29) is 12.3 Å². The van der Waals surface area contributed by atoms with Gasteiger partial charge >= 0.3 is 5.97 Å². The Labute approximate surface area is 105 Å². The zero-order valence-electron chi connectivity index (χ0n) is 10.4. The minimum absolute atomic E-state index is 0.0494. The molecule has 1 heterocycles. The summed E-state index contributed by atoms with van der Waals surface area (Å²) in [5.41, 5.74) is 6.30.